The predicted octanol–water partition coefficient (Wildman–Crippen LogP) is 5.77. The van der Waals surface area contributed by atoms with Crippen LogP contribution in [0.3, 0.4) is 0 Å². The Bertz CT molecular complexity index is 561. The Morgan fingerprint density at radius 2 is 1.60 bits per heavy atom. The highest BCUT2D eigenvalue weighted by atomic mass is 79.9. The standard InChI is InChI=1S/C15H14Br3NO/c1-10-2-4-12(5-3-10)19-6-7-20-15-13(17)8-11(16)9-14(15)18/h2-5,8-9,19H,6-7H2,1H3. The number of benzene rings is 2. The van der Waals surface area contributed by atoms with Crippen LogP contribution in [0, 0.1) is 6.92 Å². The Labute approximate surface area is 144 Å². The van der Waals surface area contributed by atoms with E-state index in [0.29, 0.717) is 6.61 Å². The van der Waals surface area contributed by atoms with Gasteiger partial charge in [0.05, 0.1) is 8.95 Å². The molecule has 20 heavy (non-hydrogen) atoms. The lowest BCUT2D eigenvalue weighted by Crippen LogP contribution is -2.11. The van der Waals surface area contributed by atoms with E-state index in [9.17, 15) is 0 Å². The monoisotopic (exact) mass is 461 g/mol. The number of hydrogen-bond acceptors (Lipinski definition) is 2. The second-order valence-corrected chi connectivity index (χ2v) is 6.96. The number of halogens is 3. The van der Waals surface area contributed by atoms with Gasteiger partial charge in [0.25, 0.3) is 0 Å². The van der Waals surface area contributed by atoms with Gasteiger partial charge in [-0.05, 0) is 63.0 Å². The fourth-order valence-electron chi connectivity index (χ4n) is 1.69. The molecule has 0 saturated heterocycles. The van der Waals surface area contributed by atoms with Gasteiger partial charge in [-0.15, -0.1) is 0 Å². The first-order valence-corrected chi connectivity index (χ1v) is 8.52. The van der Waals surface area contributed by atoms with Gasteiger partial charge < -0.3 is 10.1 Å². The normalized spacial score (nSPS) is 10.4. The highest BCUT2D eigenvalue weighted by Crippen LogP contribution is 2.36. The van der Waals surface area contributed by atoms with Crippen LogP contribution in [0.25, 0.3) is 0 Å². The highest BCUT2D eigenvalue weighted by molar-refractivity contribution is 9.11. The summed E-state index contributed by atoms with van der Waals surface area (Å²) in [5.41, 5.74) is 2.36. The number of nitrogens with one attached hydrogen (secondary N) is 1. The summed E-state index contributed by atoms with van der Waals surface area (Å²) >= 11 is 10.4. The number of aryl methyl sites for hydroxylation is 1. The maximum atomic E-state index is 5.79. The Morgan fingerprint density at radius 1 is 1.00 bits per heavy atom. The van der Waals surface area contributed by atoms with Gasteiger partial charge >= 0.3 is 0 Å². The molecule has 0 aliphatic heterocycles. The van der Waals surface area contributed by atoms with Crippen molar-refractivity contribution in [3.63, 3.8) is 0 Å². The van der Waals surface area contributed by atoms with Gasteiger partial charge in [-0.2, -0.15) is 0 Å². The zero-order chi connectivity index (χ0) is 14.5. The molecule has 0 unspecified atom stereocenters. The van der Waals surface area contributed by atoms with Crippen molar-refractivity contribution in [1.82, 2.24) is 0 Å². The van der Waals surface area contributed by atoms with Gasteiger partial charge in [0.15, 0.2) is 0 Å². The molecule has 106 valence electrons. The first-order valence-electron chi connectivity index (χ1n) is 6.14. The van der Waals surface area contributed by atoms with E-state index in [-0.39, 0.29) is 0 Å². The van der Waals surface area contributed by atoms with Crippen molar-refractivity contribution in [2.45, 2.75) is 6.92 Å². The molecule has 0 aromatic heterocycles. The fourth-order valence-corrected chi connectivity index (χ4v) is 4.17. The van der Waals surface area contributed by atoms with Crippen molar-refractivity contribution >= 4 is 53.5 Å². The van der Waals surface area contributed by atoms with Gasteiger partial charge in [-0.1, -0.05) is 33.6 Å². The van der Waals surface area contributed by atoms with Crippen LogP contribution in [0.2, 0.25) is 0 Å². The van der Waals surface area contributed by atoms with E-state index in [1.54, 1.807) is 0 Å². The Morgan fingerprint density at radius 3 is 2.20 bits per heavy atom. The molecule has 1 N–H and O–H groups in total. The van der Waals surface area contributed by atoms with E-state index in [1.165, 1.54) is 5.56 Å². The minimum Gasteiger partial charge on any atom is -0.489 e. The second-order valence-electron chi connectivity index (χ2n) is 4.34. The van der Waals surface area contributed by atoms with Crippen molar-refractivity contribution in [1.29, 1.82) is 0 Å². The van der Waals surface area contributed by atoms with Crippen LogP contribution in [-0.4, -0.2) is 13.2 Å². The molecule has 2 aromatic carbocycles. The molecule has 5 heteroatoms. The van der Waals surface area contributed by atoms with Crippen molar-refractivity contribution in [2.75, 3.05) is 18.5 Å². The van der Waals surface area contributed by atoms with E-state index < -0.39 is 0 Å². The quantitative estimate of drug-likeness (QED) is 0.568. The van der Waals surface area contributed by atoms with E-state index in [2.05, 4.69) is 84.3 Å². The molecule has 2 nitrogen and oxygen atoms in total. The predicted molar refractivity (Wildman–Crippen MR) is 94.7 cm³/mol. The summed E-state index contributed by atoms with van der Waals surface area (Å²) < 4.78 is 8.64. The van der Waals surface area contributed by atoms with E-state index >= 15 is 0 Å². The summed E-state index contributed by atoms with van der Waals surface area (Å²) in [4.78, 5) is 0. The van der Waals surface area contributed by atoms with Gasteiger partial charge in [-0.3, -0.25) is 0 Å². The van der Waals surface area contributed by atoms with Crippen molar-refractivity contribution in [3.05, 3.63) is 55.4 Å². The number of hydrogen-bond donors (Lipinski definition) is 1. The average Bonchev–Trinajstić information content (AvgIpc) is 2.39. The van der Waals surface area contributed by atoms with E-state index in [4.69, 9.17) is 4.74 Å². The van der Waals surface area contributed by atoms with Crippen molar-refractivity contribution < 1.29 is 4.74 Å². The van der Waals surface area contributed by atoms with E-state index in [0.717, 1.165) is 31.4 Å². The molecule has 0 heterocycles. The molecule has 0 amide bonds. The maximum absolute atomic E-state index is 5.79. The molecule has 0 aliphatic carbocycles. The Hall–Kier alpha value is -0.520. The molecule has 0 bridgehead atoms. The number of anilines is 1. The second kappa shape index (κ2) is 7.48. The van der Waals surface area contributed by atoms with Crippen LogP contribution in [0.4, 0.5) is 5.69 Å². The molecule has 0 spiro atoms. The van der Waals surface area contributed by atoms with Crippen LogP contribution in [0.1, 0.15) is 5.56 Å². The lowest BCUT2D eigenvalue weighted by atomic mass is 10.2. The van der Waals surface area contributed by atoms with Gasteiger partial charge in [0.2, 0.25) is 0 Å². The van der Waals surface area contributed by atoms with Crippen molar-refractivity contribution in [2.24, 2.45) is 0 Å². The minimum atomic E-state index is 0.590. The smallest absolute Gasteiger partial charge is 0.147 e. The topological polar surface area (TPSA) is 21.3 Å². The summed E-state index contributed by atoms with van der Waals surface area (Å²) in [5.74, 6) is 0.818. The molecule has 0 aliphatic rings. The Balaban J connectivity index is 1.86. The fraction of sp³-hybridized carbons (Fsp3) is 0.200. The third-order valence-electron chi connectivity index (χ3n) is 2.69. The van der Waals surface area contributed by atoms with E-state index in [1.807, 2.05) is 12.1 Å². The molecular weight excluding hydrogens is 450 g/mol. The maximum Gasteiger partial charge on any atom is 0.147 e. The first kappa shape index (κ1) is 15.9. The molecule has 0 radical (unpaired) electrons. The molecule has 0 fully saturated rings. The van der Waals surface area contributed by atoms with Gasteiger partial charge in [0, 0.05) is 16.7 Å². The molecule has 2 aromatic rings. The third kappa shape index (κ3) is 4.50. The summed E-state index contributed by atoms with van der Waals surface area (Å²) in [6.45, 7) is 3.42. The minimum absolute atomic E-state index is 0.590. The lowest BCUT2D eigenvalue weighted by Gasteiger charge is -2.12. The summed E-state index contributed by atoms with van der Waals surface area (Å²) in [6, 6.07) is 12.2. The Kier molecular flexibility index (Phi) is 5.93. The van der Waals surface area contributed by atoms with Crippen LogP contribution in [0.15, 0.2) is 49.8 Å². The molecular formula is C15H14Br3NO. The van der Waals surface area contributed by atoms with Crippen LogP contribution in [-0.2, 0) is 0 Å². The molecule has 0 atom stereocenters. The summed E-state index contributed by atoms with van der Waals surface area (Å²) in [7, 11) is 0. The number of ether oxygens (including phenoxy) is 1. The summed E-state index contributed by atoms with van der Waals surface area (Å²) in [5, 5.41) is 3.33. The third-order valence-corrected chi connectivity index (χ3v) is 4.33. The van der Waals surface area contributed by atoms with Gasteiger partial charge in [0.1, 0.15) is 12.4 Å². The van der Waals surface area contributed by atoms with Gasteiger partial charge in [-0.25, -0.2) is 0 Å². The largest absolute Gasteiger partial charge is 0.489 e. The molecule has 2 rings (SSSR count). The first-order chi connectivity index (χ1) is 9.56. The lowest BCUT2D eigenvalue weighted by molar-refractivity contribution is 0.328. The van der Waals surface area contributed by atoms with Crippen LogP contribution in [0.5, 0.6) is 5.75 Å². The molecule has 0 saturated carbocycles. The summed E-state index contributed by atoms with van der Waals surface area (Å²) in [6.07, 6.45) is 0. The van der Waals surface area contributed by atoms with Crippen LogP contribution >= 0.6 is 47.8 Å². The zero-order valence-corrected chi connectivity index (χ0v) is 15.7. The zero-order valence-electron chi connectivity index (χ0n) is 10.9. The average molecular weight is 464 g/mol. The van der Waals surface area contributed by atoms with Crippen LogP contribution < -0.4 is 10.1 Å². The van der Waals surface area contributed by atoms with Crippen molar-refractivity contribution in [3.8, 4) is 5.75 Å². The number of rotatable bonds is 5. The highest BCUT2D eigenvalue weighted by Gasteiger charge is 2.07. The SMILES string of the molecule is Cc1ccc(NCCOc2c(Br)cc(Br)cc2Br)cc1.